The molecule has 5 heteroatoms. The predicted octanol–water partition coefficient (Wildman–Crippen LogP) is 4.94. The largest absolute Gasteiger partial charge is 0.744 e. The third-order valence-corrected chi connectivity index (χ3v) is 6.03. The highest BCUT2D eigenvalue weighted by atomic mass is 32.2. The SMILES string of the molecule is Cc1cc[n+]([C@H](C)c2ccccc2)cc1C.O=S(=O)([O-])c1ccc2ccccc2c1. The summed E-state index contributed by atoms with van der Waals surface area (Å²) in [6.45, 7) is 6.53. The molecule has 1 heterocycles. The van der Waals surface area contributed by atoms with Gasteiger partial charge in [-0.3, -0.25) is 0 Å². The highest BCUT2D eigenvalue weighted by molar-refractivity contribution is 7.85. The maximum absolute atomic E-state index is 10.7. The lowest BCUT2D eigenvalue weighted by atomic mass is 10.1. The first-order chi connectivity index (χ1) is 14.3. The highest BCUT2D eigenvalue weighted by Crippen LogP contribution is 2.18. The van der Waals surface area contributed by atoms with Crippen molar-refractivity contribution in [2.45, 2.75) is 31.7 Å². The Morgan fingerprint density at radius 3 is 2.07 bits per heavy atom. The van der Waals surface area contributed by atoms with Gasteiger partial charge in [0.2, 0.25) is 0 Å². The molecule has 0 unspecified atom stereocenters. The van der Waals surface area contributed by atoms with Crippen LogP contribution in [0.25, 0.3) is 10.8 Å². The quantitative estimate of drug-likeness (QED) is 0.349. The van der Waals surface area contributed by atoms with Gasteiger partial charge in [0.1, 0.15) is 10.1 Å². The molecule has 3 aromatic carbocycles. The molecule has 0 radical (unpaired) electrons. The molecule has 0 N–H and O–H groups in total. The maximum Gasteiger partial charge on any atom is 0.180 e. The molecule has 1 atom stereocenters. The third kappa shape index (κ3) is 5.32. The van der Waals surface area contributed by atoms with E-state index >= 15 is 0 Å². The van der Waals surface area contributed by atoms with Crippen molar-refractivity contribution >= 4 is 20.9 Å². The molecule has 0 aliphatic heterocycles. The Kier molecular flexibility index (Phi) is 6.65. The van der Waals surface area contributed by atoms with Crippen LogP contribution in [0.4, 0.5) is 0 Å². The molecule has 0 fully saturated rings. The summed E-state index contributed by atoms with van der Waals surface area (Å²) < 4.78 is 34.4. The summed E-state index contributed by atoms with van der Waals surface area (Å²) >= 11 is 0. The zero-order chi connectivity index (χ0) is 21.7. The molecule has 0 spiro atoms. The van der Waals surface area contributed by atoms with Crippen LogP contribution < -0.4 is 4.57 Å². The van der Waals surface area contributed by atoms with Gasteiger partial charge < -0.3 is 4.55 Å². The first kappa shape index (κ1) is 21.7. The van der Waals surface area contributed by atoms with Gasteiger partial charge in [-0.2, -0.15) is 4.57 Å². The average molecular weight is 420 g/mol. The summed E-state index contributed by atoms with van der Waals surface area (Å²) in [5, 5.41) is 1.67. The molecule has 154 valence electrons. The van der Waals surface area contributed by atoms with Crippen molar-refractivity contribution in [3.05, 3.63) is 108 Å². The number of fused-ring (bicyclic) bond motifs is 1. The van der Waals surface area contributed by atoms with E-state index in [1.807, 2.05) is 12.1 Å². The molecule has 4 rings (SSSR count). The van der Waals surface area contributed by atoms with Gasteiger partial charge in [0.25, 0.3) is 0 Å². The topological polar surface area (TPSA) is 61.1 Å². The summed E-state index contributed by atoms with van der Waals surface area (Å²) in [6.07, 6.45) is 4.37. The molecule has 0 aliphatic rings. The molecule has 0 saturated carbocycles. The average Bonchev–Trinajstić information content (AvgIpc) is 2.75. The second-order valence-corrected chi connectivity index (χ2v) is 8.69. The highest BCUT2D eigenvalue weighted by Gasteiger charge is 2.14. The van der Waals surface area contributed by atoms with Crippen molar-refractivity contribution in [3.63, 3.8) is 0 Å². The van der Waals surface area contributed by atoms with Crippen LogP contribution in [0.3, 0.4) is 0 Å². The third-order valence-electron chi connectivity index (χ3n) is 5.20. The standard InChI is InChI=1S/C15H18N.C10H8O3S/c1-12-9-10-16(11-13(12)2)14(3)15-7-5-4-6-8-15;11-14(12,13)10-6-5-8-3-1-2-4-9(8)7-10/h4-11,14H,1-3H3;1-7H,(H,11,12,13)/q+1;/p-1/t14-;/m1./s1. The number of pyridine rings is 1. The summed E-state index contributed by atoms with van der Waals surface area (Å²) in [6, 6.07) is 24.8. The number of rotatable bonds is 3. The lowest BCUT2D eigenvalue weighted by molar-refractivity contribution is -0.710. The van der Waals surface area contributed by atoms with Gasteiger partial charge in [0.15, 0.2) is 18.4 Å². The van der Waals surface area contributed by atoms with E-state index in [4.69, 9.17) is 0 Å². The monoisotopic (exact) mass is 419 g/mol. The fraction of sp³-hybridized carbons (Fsp3) is 0.160. The Balaban J connectivity index is 0.000000172. The van der Waals surface area contributed by atoms with E-state index in [9.17, 15) is 13.0 Å². The molecule has 4 aromatic rings. The van der Waals surface area contributed by atoms with E-state index in [2.05, 4.69) is 74.1 Å². The summed E-state index contributed by atoms with van der Waals surface area (Å²) in [7, 11) is -4.34. The Morgan fingerprint density at radius 2 is 1.43 bits per heavy atom. The summed E-state index contributed by atoms with van der Waals surface area (Å²) in [5.74, 6) is 0. The van der Waals surface area contributed by atoms with Crippen LogP contribution in [0.5, 0.6) is 0 Å². The molecule has 0 aliphatic carbocycles. The molecule has 0 amide bonds. The molecule has 30 heavy (non-hydrogen) atoms. The molecule has 0 saturated heterocycles. The number of aryl methyl sites for hydroxylation is 2. The number of aromatic nitrogens is 1. The zero-order valence-corrected chi connectivity index (χ0v) is 18.1. The second-order valence-electron chi connectivity index (χ2n) is 7.31. The van der Waals surface area contributed by atoms with E-state index in [0.717, 1.165) is 10.8 Å². The van der Waals surface area contributed by atoms with Crippen LogP contribution >= 0.6 is 0 Å². The smallest absolute Gasteiger partial charge is 0.180 e. The first-order valence-corrected chi connectivity index (χ1v) is 11.1. The lowest BCUT2D eigenvalue weighted by Crippen LogP contribution is -2.38. The van der Waals surface area contributed by atoms with Crippen LogP contribution in [-0.2, 0) is 10.1 Å². The lowest BCUT2D eigenvalue weighted by Gasteiger charge is -2.08. The van der Waals surface area contributed by atoms with Crippen LogP contribution in [-0.4, -0.2) is 13.0 Å². The number of benzene rings is 3. The van der Waals surface area contributed by atoms with E-state index in [1.165, 1.54) is 28.8 Å². The molecule has 0 bridgehead atoms. The molecule has 1 aromatic heterocycles. The maximum atomic E-state index is 10.7. The summed E-state index contributed by atoms with van der Waals surface area (Å²) in [4.78, 5) is -0.184. The Labute approximate surface area is 178 Å². The Hall–Kier alpha value is -3.02. The van der Waals surface area contributed by atoms with Crippen molar-refractivity contribution in [1.29, 1.82) is 0 Å². The number of nitrogens with zero attached hydrogens (tertiary/aromatic N) is 1. The van der Waals surface area contributed by atoms with Crippen LogP contribution in [0.2, 0.25) is 0 Å². The van der Waals surface area contributed by atoms with E-state index < -0.39 is 10.1 Å². The minimum Gasteiger partial charge on any atom is -0.744 e. The van der Waals surface area contributed by atoms with Crippen molar-refractivity contribution in [3.8, 4) is 0 Å². The molecular weight excluding hydrogens is 394 g/mol. The minimum absolute atomic E-state index is 0.184. The Bertz CT molecular complexity index is 1250. The van der Waals surface area contributed by atoms with Gasteiger partial charge in [-0.05, 0) is 42.3 Å². The normalized spacial score (nSPS) is 12.1. The van der Waals surface area contributed by atoms with Crippen LogP contribution in [0.1, 0.15) is 29.7 Å². The van der Waals surface area contributed by atoms with Gasteiger partial charge in [0, 0.05) is 24.1 Å². The Morgan fingerprint density at radius 1 is 0.800 bits per heavy atom. The van der Waals surface area contributed by atoms with Gasteiger partial charge in [0.05, 0.1) is 4.90 Å². The summed E-state index contributed by atoms with van der Waals surface area (Å²) in [5.41, 5.74) is 4.03. The fourth-order valence-electron chi connectivity index (χ4n) is 3.17. The minimum atomic E-state index is -4.34. The van der Waals surface area contributed by atoms with Crippen molar-refractivity contribution in [1.82, 2.24) is 0 Å². The van der Waals surface area contributed by atoms with Crippen molar-refractivity contribution in [2.24, 2.45) is 0 Å². The van der Waals surface area contributed by atoms with Crippen molar-refractivity contribution in [2.75, 3.05) is 0 Å². The van der Waals surface area contributed by atoms with Gasteiger partial charge >= 0.3 is 0 Å². The van der Waals surface area contributed by atoms with E-state index in [0.29, 0.717) is 6.04 Å². The fourth-order valence-corrected chi connectivity index (χ4v) is 3.67. The number of hydrogen-bond donors (Lipinski definition) is 0. The van der Waals surface area contributed by atoms with Gasteiger partial charge in [-0.1, -0.05) is 60.7 Å². The molecular formula is C25H25NO3S. The van der Waals surface area contributed by atoms with E-state index in [-0.39, 0.29) is 4.90 Å². The van der Waals surface area contributed by atoms with E-state index in [1.54, 1.807) is 18.2 Å². The van der Waals surface area contributed by atoms with Gasteiger partial charge in [-0.25, -0.2) is 8.42 Å². The van der Waals surface area contributed by atoms with Crippen molar-refractivity contribution < 1.29 is 17.5 Å². The number of hydrogen-bond acceptors (Lipinski definition) is 3. The first-order valence-electron chi connectivity index (χ1n) is 9.73. The van der Waals surface area contributed by atoms with Crippen LogP contribution in [0.15, 0.2) is 96.2 Å². The predicted molar refractivity (Wildman–Crippen MR) is 118 cm³/mol. The van der Waals surface area contributed by atoms with Crippen LogP contribution in [0, 0.1) is 13.8 Å². The molecule has 4 nitrogen and oxygen atoms in total. The zero-order valence-electron chi connectivity index (χ0n) is 17.3. The second kappa shape index (κ2) is 9.20. The van der Waals surface area contributed by atoms with Gasteiger partial charge in [-0.15, -0.1) is 0 Å².